The number of aliphatic hydroxyl groups is 1. The molecule has 1 aromatic rings. The van der Waals surface area contributed by atoms with Crippen LogP contribution < -0.4 is 0 Å². The molecule has 4 aliphatic rings. The molecule has 3 nitrogen and oxygen atoms in total. The van der Waals surface area contributed by atoms with Crippen LogP contribution in [-0.4, -0.2) is 10.3 Å². The van der Waals surface area contributed by atoms with Gasteiger partial charge in [0.25, 0.3) is 0 Å². The van der Waals surface area contributed by atoms with E-state index in [1.807, 2.05) is 6.07 Å². The van der Waals surface area contributed by atoms with E-state index in [1.165, 1.54) is 57.8 Å². The average molecular weight is 372 g/mol. The number of fused-ring (bicyclic) bond motifs is 5. The molecular weight excluding hydrogens is 334 g/mol. The monoisotopic (exact) mass is 371 g/mol. The third-order valence-corrected chi connectivity index (χ3v) is 10.0. The molecule has 1 N–H and O–H groups in total. The number of hydrogen-bond donors (Lipinski definition) is 1. The van der Waals surface area contributed by atoms with Gasteiger partial charge in [0, 0.05) is 12.0 Å². The SMILES string of the molecule is C[C@H]1CC[C@@]2(C)C(CCC3C2CC[C@@]2(C)C3CC[C@@H]2c2cc(CO)on2)C1. The molecule has 0 aliphatic heterocycles. The summed E-state index contributed by atoms with van der Waals surface area (Å²) in [6.07, 6.45) is 12.7. The second-order valence-corrected chi connectivity index (χ2v) is 11.1. The Morgan fingerprint density at radius 2 is 1.81 bits per heavy atom. The summed E-state index contributed by atoms with van der Waals surface area (Å²) < 4.78 is 5.35. The Labute approximate surface area is 164 Å². The van der Waals surface area contributed by atoms with Crippen LogP contribution in [0.5, 0.6) is 0 Å². The summed E-state index contributed by atoms with van der Waals surface area (Å²) in [6.45, 7) is 7.66. The summed E-state index contributed by atoms with van der Waals surface area (Å²) in [4.78, 5) is 0. The van der Waals surface area contributed by atoms with Crippen LogP contribution in [0.4, 0.5) is 0 Å². The van der Waals surface area contributed by atoms with E-state index in [0.717, 1.165) is 35.3 Å². The molecule has 0 saturated heterocycles. The van der Waals surface area contributed by atoms with Crippen molar-refractivity contribution in [3.8, 4) is 0 Å². The number of nitrogens with zero attached hydrogens (tertiary/aromatic N) is 1. The lowest BCUT2D eigenvalue weighted by atomic mass is 9.44. The van der Waals surface area contributed by atoms with Crippen LogP contribution in [0, 0.1) is 40.4 Å². The van der Waals surface area contributed by atoms with Gasteiger partial charge in [-0.1, -0.05) is 32.3 Å². The molecule has 150 valence electrons. The molecule has 4 fully saturated rings. The van der Waals surface area contributed by atoms with Crippen molar-refractivity contribution in [1.29, 1.82) is 0 Å². The first-order valence-corrected chi connectivity index (χ1v) is 11.5. The van der Waals surface area contributed by atoms with E-state index in [2.05, 4.69) is 25.9 Å². The standard InChI is InChI=1S/C24H37NO2/c1-15-8-10-23(2)16(12-15)4-5-18-19-6-7-21(22-13-17(14-26)27-25-22)24(19,3)11-9-20(18)23/h13,15-16,18-21,26H,4-12,14H2,1-3H3/t15-,16?,18?,19?,20?,21+,23-,24-/m0/s1. The fourth-order valence-electron chi connectivity index (χ4n) is 8.53. The van der Waals surface area contributed by atoms with E-state index in [0.29, 0.717) is 22.5 Å². The summed E-state index contributed by atoms with van der Waals surface area (Å²) in [5.74, 6) is 5.79. The van der Waals surface area contributed by atoms with Crippen molar-refractivity contribution in [3.05, 3.63) is 17.5 Å². The number of aliphatic hydroxyl groups excluding tert-OH is 1. The summed E-state index contributed by atoms with van der Waals surface area (Å²) in [5.41, 5.74) is 2.08. The van der Waals surface area contributed by atoms with Gasteiger partial charge in [-0.2, -0.15) is 0 Å². The van der Waals surface area contributed by atoms with Crippen LogP contribution in [0.25, 0.3) is 0 Å². The molecule has 0 amide bonds. The predicted molar refractivity (Wildman–Crippen MR) is 106 cm³/mol. The first-order valence-electron chi connectivity index (χ1n) is 11.5. The van der Waals surface area contributed by atoms with Crippen LogP contribution in [0.1, 0.15) is 95.9 Å². The molecule has 5 rings (SSSR count). The quantitative estimate of drug-likeness (QED) is 0.701. The molecule has 27 heavy (non-hydrogen) atoms. The summed E-state index contributed by atoms with van der Waals surface area (Å²) in [5, 5.41) is 13.7. The van der Waals surface area contributed by atoms with E-state index in [4.69, 9.17) is 4.52 Å². The Balaban J connectivity index is 1.41. The number of rotatable bonds is 2. The predicted octanol–water partition coefficient (Wildman–Crippen LogP) is 5.93. The highest BCUT2D eigenvalue weighted by molar-refractivity contribution is 5.20. The van der Waals surface area contributed by atoms with Crippen molar-refractivity contribution in [1.82, 2.24) is 5.16 Å². The first kappa shape index (κ1) is 18.2. The molecule has 3 heteroatoms. The third-order valence-electron chi connectivity index (χ3n) is 10.0. The Hall–Kier alpha value is -0.830. The smallest absolute Gasteiger partial charge is 0.162 e. The Morgan fingerprint density at radius 1 is 1.04 bits per heavy atom. The third kappa shape index (κ3) is 2.59. The summed E-state index contributed by atoms with van der Waals surface area (Å²) in [7, 11) is 0. The van der Waals surface area contributed by atoms with Crippen molar-refractivity contribution in [2.45, 2.75) is 91.1 Å². The lowest BCUT2D eigenvalue weighted by Crippen LogP contribution is -2.53. The van der Waals surface area contributed by atoms with E-state index in [1.54, 1.807) is 0 Å². The molecular formula is C24H37NO2. The summed E-state index contributed by atoms with van der Waals surface area (Å²) in [6, 6.07) is 2.02. The second kappa shape index (κ2) is 6.34. The van der Waals surface area contributed by atoms with Crippen molar-refractivity contribution >= 4 is 0 Å². The van der Waals surface area contributed by atoms with Gasteiger partial charge in [-0.25, -0.2) is 0 Å². The van der Waals surface area contributed by atoms with E-state index in [-0.39, 0.29) is 6.61 Å². The topological polar surface area (TPSA) is 46.3 Å². The highest BCUT2D eigenvalue weighted by Crippen LogP contribution is 2.69. The molecule has 1 heterocycles. The van der Waals surface area contributed by atoms with Crippen LogP contribution in [0.15, 0.2) is 10.6 Å². The fourth-order valence-corrected chi connectivity index (χ4v) is 8.53. The largest absolute Gasteiger partial charge is 0.388 e. The van der Waals surface area contributed by atoms with Gasteiger partial charge in [-0.05, 0) is 91.8 Å². The Kier molecular flexibility index (Phi) is 4.28. The maximum Gasteiger partial charge on any atom is 0.162 e. The van der Waals surface area contributed by atoms with Crippen LogP contribution in [-0.2, 0) is 6.61 Å². The lowest BCUT2D eigenvalue weighted by Gasteiger charge is -2.61. The van der Waals surface area contributed by atoms with Crippen molar-refractivity contribution in [3.63, 3.8) is 0 Å². The van der Waals surface area contributed by atoms with E-state index >= 15 is 0 Å². The summed E-state index contributed by atoms with van der Waals surface area (Å²) >= 11 is 0. The fraction of sp³-hybridized carbons (Fsp3) is 0.875. The molecule has 4 aliphatic carbocycles. The minimum atomic E-state index is -0.0390. The second-order valence-electron chi connectivity index (χ2n) is 11.1. The van der Waals surface area contributed by atoms with Crippen LogP contribution in [0.3, 0.4) is 0 Å². The molecule has 4 unspecified atom stereocenters. The molecule has 0 radical (unpaired) electrons. The van der Waals surface area contributed by atoms with Gasteiger partial charge in [-0.15, -0.1) is 0 Å². The van der Waals surface area contributed by atoms with Crippen molar-refractivity contribution in [2.24, 2.45) is 40.4 Å². The number of aromatic nitrogens is 1. The number of hydrogen-bond acceptors (Lipinski definition) is 3. The molecule has 1 aromatic heterocycles. The Morgan fingerprint density at radius 3 is 2.59 bits per heavy atom. The maximum atomic E-state index is 9.37. The highest BCUT2D eigenvalue weighted by atomic mass is 16.5. The van der Waals surface area contributed by atoms with Crippen LogP contribution in [0.2, 0.25) is 0 Å². The van der Waals surface area contributed by atoms with Crippen LogP contribution >= 0.6 is 0 Å². The first-order chi connectivity index (χ1) is 13.0. The molecule has 0 bridgehead atoms. The van der Waals surface area contributed by atoms with Gasteiger partial charge in [0.15, 0.2) is 5.76 Å². The zero-order chi connectivity index (χ0) is 18.8. The average Bonchev–Trinajstić information content (AvgIpc) is 3.25. The van der Waals surface area contributed by atoms with Gasteiger partial charge in [-0.3, -0.25) is 0 Å². The zero-order valence-corrected chi connectivity index (χ0v) is 17.4. The molecule has 0 spiro atoms. The molecule has 8 atom stereocenters. The minimum Gasteiger partial charge on any atom is -0.388 e. The maximum absolute atomic E-state index is 9.37. The van der Waals surface area contributed by atoms with E-state index < -0.39 is 0 Å². The van der Waals surface area contributed by atoms with Crippen molar-refractivity contribution in [2.75, 3.05) is 0 Å². The normalized spacial score (nSPS) is 49.3. The van der Waals surface area contributed by atoms with Gasteiger partial charge in [0.2, 0.25) is 0 Å². The minimum absolute atomic E-state index is 0.0390. The van der Waals surface area contributed by atoms with Gasteiger partial charge < -0.3 is 9.63 Å². The Bertz CT molecular complexity index is 698. The molecule has 0 aromatic carbocycles. The van der Waals surface area contributed by atoms with Gasteiger partial charge in [0.05, 0.1) is 5.69 Å². The van der Waals surface area contributed by atoms with E-state index in [9.17, 15) is 5.11 Å². The van der Waals surface area contributed by atoms with Gasteiger partial charge >= 0.3 is 0 Å². The van der Waals surface area contributed by atoms with Crippen molar-refractivity contribution < 1.29 is 9.63 Å². The molecule has 4 saturated carbocycles. The highest BCUT2D eigenvalue weighted by Gasteiger charge is 2.60. The lowest BCUT2D eigenvalue weighted by molar-refractivity contribution is -0.112. The zero-order valence-electron chi connectivity index (χ0n) is 17.4. The van der Waals surface area contributed by atoms with Gasteiger partial charge in [0.1, 0.15) is 6.61 Å².